The first-order valence-electron chi connectivity index (χ1n) is 9.83. The number of aliphatic imine (C=N–C) groups is 1. The fourth-order valence-electron chi connectivity index (χ4n) is 2.66. The Bertz CT molecular complexity index is 859. The molecule has 0 heterocycles. The summed E-state index contributed by atoms with van der Waals surface area (Å²) < 4.78 is 0. The molecule has 8 nitrogen and oxygen atoms in total. The summed E-state index contributed by atoms with van der Waals surface area (Å²) in [7, 11) is 0. The Morgan fingerprint density at radius 1 is 1.00 bits per heavy atom. The van der Waals surface area contributed by atoms with Gasteiger partial charge < -0.3 is 16.0 Å². The van der Waals surface area contributed by atoms with E-state index in [0.29, 0.717) is 19.0 Å². The first-order chi connectivity index (χ1) is 14.2. The molecule has 0 atom stereocenters. The minimum atomic E-state index is -0.432. The molecule has 2 rings (SSSR count). The summed E-state index contributed by atoms with van der Waals surface area (Å²) in [5, 5.41) is 20.0. The molecule has 0 aliphatic heterocycles. The van der Waals surface area contributed by atoms with Crippen molar-refractivity contribution in [2.24, 2.45) is 4.99 Å². The van der Waals surface area contributed by atoms with Crippen LogP contribution in [0.1, 0.15) is 31.9 Å². The molecule has 0 spiro atoms. The Kier molecular flexibility index (Phi) is 8.34. The lowest BCUT2D eigenvalue weighted by atomic mass is 10.1. The minimum absolute atomic E-state index is 0.0425. The first-order valence-corrected chi connectivity index (χ1v) is 9.83. The Hall–Kier alpha value is -3.42. The summed E-state index contributed by atoms with van der Waals surface area (Å²) in [4.78, 5) is 27.0. The van der Waals surface area contributed by atoms with Crippen LogP contribution in [0, 0.1) is 10.1 Å². The molecule has 2 aromatic carbocycles. The number of hydrogen-bond acceptors (Lipinski definition) is 4. The van der Waals surface area contributed by atoms with Gasteiger partial charge in [0, 0.05) is 24.2 Å². The van der Waals surface area contributed by atoms with E-state index in [0.717, 1.165) is 12.0 Å². The van der Waals surface area contributed by atoms with E-state index < -0.39 is 4.92 Å². The summed E-state index contributed by atoms with van der Waals surface area (Å²) in [5.41, 5.74) is 1.77. The second-order valence-electron chi connectivity index (χ2n) is 7.90. The van der Waals surface area contributed by atoms with Gasteiger partial charge in [0.1, 0.15) is 0 Å². The van der Waals surface area contributed by atoms with Gasteiger partial charge in [-0.1, -0.05) is 42.5 Å². The third-order valence-electron chi connectivity index (χ3n) is 4.05. The van der Waals surface area contributed by atoms with Crippen molar-refractivity contribution in [2.45, 2.75) is 39.3 Å². The van der Waals surface area contributed by atoms with Crippen LogP contribution < -0.4 is 16.0 Å². The number of carbonyl (C=O) groups is 1. The SMILES string of the molecule is CC(C)(C)NC(=O)CNC(=NCc1ccc([N+](=O)[O-])cc1)NCCc1ccccc1. The molecule has 0 bridgehead atoms. The van der Waals surface area contributed by atoms with E-state index >= 15 is 0 Å². The van der Waals surface area contributed by atoms with E-state index in [1.54, 1.807) is 12.1 Å². The molecule has 30 heavy (non-hydrogen) atoms. The standard InChI is InChI=1S/C22H29N5O3/c1-22(2,3)26-20(28)16-25-21(23-14-13-17-7-5-4-6-8-17)24-15-18-9-11-19(12-10-18)27(29)30/h4-12H,13-16H2,1-3H3,(H,26,28)(H2,23,24,25). The zero-order valence-electron chi connectivity index (χ0n) is 17.6. The monoisotopic (exact) mass is 411 g/mol. The van der Waals surface area contributed by atoms with Crippen LogP contribution in [0.2, 0.25) is 0 Å². The number of hydrogen-bond donors (Lipinski definition) is 3. The lowest BCUT2D eigenvalue weighted by Crippen LogP contribution is -2.48. The van der Waals surface area contributed by atoms with Crippen LogP contribution >= 0.6 is 0 Å². The number of nitro groups is 1. The van der Waals surface area contributed by atoms with E-state index in [1.807, 2.05) is 39.0 Å². The van der Waals surface area contributed by atoms with Crippen molar-refractivity contribution >= 4 is 17.6 Å². The normalized spacial score (nSPS) is 11.6. The van der Waals surface area contributed by atoms with Gasteiger partial charge in [-0.3, -0.25) is 14.9 Å². The molecular formula is C22H29N5O3. The van der Waals surface area contributed by atoms with Crippen molar-refractivity contribution in [1.82, 2.24) is 16.0 Å². The smallest absolute Gasteiger partial charge is 0.269 e. The van der Waals surface area contributed by atoms with Crippen LogP contribution in [0.25, 0.3) is 0 Å². The number of carbonyl (C=O) groups excluding carboxylic acids is 1. The van der Waals surface area contributed by atoms with Crippen LogP contribution in [0.3, 0.4) is 0 Å². The second-order valence-corrected chi connectivity index (χ2v) is 7.90. The summed E-state index contributed by atoms with van der Waals surface area (Å²) in [6.45, 7) is 6.84. The summed E-state index contributed by atoms with van der Waals surface area (Å²) >= 11 is 0. The van der Waals surface area contributed by atoms with E-state index in [2.05, 4.69) is 33.1 Å². The molecule has 0 radical (unpaired) electrons. The lowest BCUT2D eigenvalue weighted by molar-refractivity contribution is -0.384. The highest BCUT2D eigenvalue weighted by molar-refractivity contribution is 5.86. The number of guanidine groups is 1. The fourth-order valence-corrected chi connectivity index (χ4v) is 2.66. The molecule has 0 unspecified atom stereocenters. The predicted molar refractivity (Wildman–Crippen MR) is 118 cm³/mol. The van der Waals surface area contributed by atoms with Crippen LogP contribution in [0.5, 0.6) is 0 Å². The quantitative estimate of drug-likeness (QED) is 0.268. The molecule has 0 saturated heterocycles. The van der Waals surface area contributed by atoms with Crippen LogP contribution in [-0.2, 0) is 17.8 Å². The van der Waals surface area contributed by atoms with Gasteiger partial charge in [0.2, 0.25) is 5.91 Å². The van der Waals surface area contributed by atoms with Crippen molar-refractivity contribution in [2.75, 3.05) is 13.1 Å². The van der Waals surface area contributed by atoms with Gasteiger partial charge in [-0.15, -0.1) is 0 Å². The number of non-ortho nitro benzene ring substituents is 1. The van der Waals surface area contributed by atoms with E-state index in [1.165, 1.54) is 17.7 Å². The highest BCUT2D eigenvalue weighted by Gasteiger charge is 2.13. The maximum atomic E-state index is 12.1. The van der Waals surface area contributed by atoms with Crippen molar-refractivity contribution in [1.29, 1.82) is 0 Å². The molecule has 0 aliphatic carbocycles. The largest absolute Gasteiger partial charge is 0.356 e. The highest BCUT2D eigenvalue weighted by atomic mass is 16.6. The van der Waals surface area contributed by atoms with Gasteiger partial charge in [-0.05, 0) is 38.3 Å². The Morgan fingerprint density at radius 2 is 1.67 bits per heavy atom. The van der Waals surface area contributed by atoms with Gasteiger partial charge in [0.15, 0.2) is 5.96 Å². The first kappa shape index (κ1) is 22.9. The van der Waals surface area contributed by atoms with Crippen molar-refractivity contribution in [3.8, 4) is 0 Å². The molecule has 160 valence electrons. The summed E-state index contributed by atoms with van der Waals surface area (Å²) in [5.74, 6) is 0.378. The van der Waals surface area contributed by atoms with Crippen molar-refractivity contribution < 1.29 is 9.72 Å². The number of benzene rings is 2. The van der Waals surface area contributed by atoms with E-state index in [-0.39, 0.29) is 23.7 Å². The maximum absolute atomic E-state index is 12.1. The zero-order chi connectivity index (χ0) is 22.0. The average Bonchev–Trinajstić information content (AvgIpc) is 2.69. The topological polar surface area (TPSA) is 109 Å². The minimum Gasteiger partial charge on any atom is -0.356 e. The third kappa shape index (κ3) is 8.72. The van der Waals surface area contributed by atoms with Crippen molar-refractivity contribution in [3.63, 3.8) is 0 Å². The molecular weight excluding hydrogens is 382 g/mol. The molecule has 0 saturated carbocycles. The van der Waals surface area contributed by atoms with Crippen molar-refractivity contribution in [3.05, 3.63) is 75.8 Å². The fraction of sp³-hybridized carbons (Fsp3) is 0.364. The molecule has 0 fully saturated rings. The molecule has 0 aliphatic rings. The molecule has 0 aromatic heterocycles. The average molecular weight is 412 g/mol. The zero-order valence-corrected chi connectivity index (χ0v) is 17.6. The number of nitro benzene ring substituents is 1. The third-order valence-corrected chi connectivity index (χ3v) is 4.05. The van der Waals surface area contributed by atoms with Crippen LogP contribution in [0.15, 0.2) is 59.6 Å². The molecule has 3 N–H and O–H groups in total. The van der Waals surface area contributed by atoms with Gasteiger partial charge >= 0.3 is 0 Å². The Balaban J connectivity index is 1.98. The van der Waals surface area contributed by atoms with Gasteiger partial charge in [-0.25, -0.2) is 4.99 Å². The summed E-state index contributed by atoms with van der Waals surface area (Å²) in [6.07, 6.45) is 0.813. The maximum Gasteiger partial charge on any atom is 0.269 e. The van der Waals surface area contributed by atoms with Gasteiger partial charge in [0.05, 0.1) is 18.0 Å². The second kappa shape index (κ2) is 10.9. The number of amides is 1. The van der Waals surface area contributed by atoms with E-state index in [9.17, 15) is 14.9 Å². The Labute approximate surface area is 176 Å². The Morgan fingerprint density at radius 3 is 2.27 bits per heavy atom. The van der Waals surface area contributed by atoms with Crippen LogP contribution in [-0.4, -0.2) is 35.4 Å². The molecule has 2 aromatic rings. The van der Waals surface area contributed by atoms with Gasteiger partial charge in [0.25, 0.3) is 5.69 Å². The van der Waals surface area contributed by atoms with Crippen LogP contribution in [0.4, 0.5) is 5.69 Å². The summed E-state index contributed by atoms with van der Waals surface area (Å²) in [6, 6.07) is 16.3. The molecule has 8 heteroatoms. The van der Waals surface area contributed by atoms with Gasteiger partial charge in [-0.2, -0.15) is 0 Å². The number of rotatable bonds is 8. The number of nitrogens with zero attached hydrogens (tertiary/aromatic N) is 2. The van der Waals surface area contributed by atoms with E-state index in [4.69, 9.17) is 0 Å². The lowest BCUT2D eigenvalue weighted by Gasteiger charge is -2.21. The number of nitrogens with one attached hydrogen (secondary N) is 3. The predicted octanol–water partition coefficient (Wildman–Crippen LogP) is 2.79. The molecule has 1 amide bonds. The highest BCUT2D eigenvalue weighted by Crippen LogP contribution is 2.12.